The van der Waals surface area contributed by atoms with Gasteiger partial charge in [-0.3, -0.25) is 0 Å². The third-order valence-corrected chi connectivity index (χ3v) is 4.81. The molecule has 0 saturated heterocycles. The fourth-order valence-corrected chi connectivity index (χ4v) is 3.07. The van der Waals surface area contributed by atoms with Gasteiger partial charge in [-0.1, -0.05) is 36.2 Å². The van der Waals surface area contributed by atoms with E-state index in [0.29, 0.717) is 16.0 Å². The molecule has 2 nitrogen and oxygen atoms in total. The molecule has 18 heavy (non-hydrogen) atoms. The van der Waals surface area contributed by atoms with Crippen LogP contribution in [-0.2, 0) is 0 Å². The van der Waals surface area contributed by atoms with E-state index in [4.69, 9.17) is 23.2 Å². The van der Waals surface area contributed by atoms with E-state index in [1.165, 1.54) is 12.8 Å². The maximum atomic E-state index is 9.78. The number of aliphatic hydroxyl groups is 1. The van der Waals surface area contributed by atoms with Gasteiger partial charge >= 0.3 is 0 Å². The summed E-state index contributed by atoms with van der Waals surface area (Å²) < 4.78 is 0. The Morgan fingerprint density at radius 2 is 2.06 bits per heavy atom. The van der Waals surface area contributed by atoms with Gasteiger partial charge in [-0.2, -0.15) is 0 Å². The van der Waals surface area contributed by atoms with E-state index in [1.807, 2.05) is 25.2 Å². The number of rotatable bonds is 5. The van der Waals surface area contributed by atoms with Gasteiger partial charge in [0.25, 0.3) is 0 Å². The zero-order valence-electron chi connectivity index (χ0n) is 10.7. The van der Waals surface area contributed by atoms with Crippen molar-refractivity contribution >= 4 is 23.2 Å². The van der Waals surface area contributed by atoms with Crippen LogP contribution in [0.3, 0.4) is 0 Å². The number of benzene rings is 1. The largest absolute Gasteiger partial charge is 0.396 e. The molecule has 1 aromatic carbocycles. The van der Waals surface area contributed by atoms with Crippen LogP contribution in [0.2, 0.25) is 10.0 Å². The molecule has 0 aromatic heterocycles. The van der Waals surface area contributed by atoms with E-state index in [2.05, 4.69) is 12.2 Å². The molecule has 1 aromatic rings. The van der Waals surface area contributed by atoms with Crippen molar-refractivity contribution in [1.29, 1.82) is 0 Å². The Balaban J connectivity index is 2.34. The van der Waals surface area contributed by atoms with Crippen LogP contribution in [0.4, 0.5) is 0 Å². The fourth-order valence-electron chi connectivity index (χ4n) is 2.77. The molecule has 0 spiro atoms. The minimum atomic E-state index is -0.147. The zero-order valence-corrected chi connectivity index (χ0v) is 12.2. The second kappa shape index (κ2) is 5.38. The number of nitrogens with one attached hydrogen (secondary N) is 1. The van der Waals surface area contributed by atoms with Crippen molar-refractivity contribution in [3.8, 4) is 0 Å². The SMILES string of the molecule is CNC(c1ccc(Cl)c(Cl)c1)C(C)(CO)C1CC1. The van der Waals surface area contributed by atoms with Crippen molar-refractivity contribution < 1.29 is 5.11 Å². The van der Waals surface area contributed by atoms with E-state index in [1.54, 1.807) is 0 Å². The summed E-state index contributed by atoms with van der Waals surface area (Å²) >= 11 is 12.0. The average Bonchev–Trinajstić information content (AvgIpc) is 3.18. The minimum absolute atomic E-state index is 0.0877. The molecule has 2 unspecified atom stereocenters. The summed E-state index contributed by atoms with van der Waals surface area (Å²) in [4.78, 5) is 0. The lowest BCUT2D eigenvalue weighted by Gasteiger charge is -2.37. The highest BCUT2D eigenvalue weighted by Crippen LogP contribution is 2.52. The van der Waals surface area contributed by atoms with Crippen LogP contribution < -0.4 is 5.32 Å². The highest BCUT2D eigenvalue weighted by atomic mass is 35.5. The monoisotopic (exact) mass is 287 g/mol. The molecule has 1 fully saturated rings. The fraction of sp³-hybridized carbons (Fsp3) is 0.571. The smallest absolute Gasteiger partial charge is 0.0595 e. The number of hydrogen-bond donors (Lipinski definition) is 2. The lowest BCUT2D eigenvalue weighted by molar-refractivity contribution is 0.0788. The second-order valence-electron chi connectivity index (χ2n) is 5.33. The lowest BCUT2D eigenvalue weighted by atomic mass is 9.75. The Kier molecular flexibility index (Phi) is 4.22. The van der Waals surface area contributed by atoms with Crippen LogP contribution in [0.25, 0.3) is 0 Å². The summed E-state index contributed by atoms with van der Waals surface area (Å²) in [5.41, 5.74) is 0.932. The van der Waals surface area contributed by atoms with Gasteiger partial charge in [-0.05, 0) is 43.5 Å². The topological polar surface area (TPSA) is 32.3 Å². The highest BCUT2D eigenvalue weighted by Gasteiger charge is 2.46. The summed E-state index contributed by atoms with van der Waals surface area (Å²) in [7, 11) is 1.92. The molecule has 0 heterocycles. The van der Waals surface area contributed by atoms with Crippen LogP contribution >= 0.6 is 23.2 Å². The van der Waals surface area contributed by atoms with Gasteiger partial charge in [0.15, 0.2) is 0 Å². The molecule has 0 amide bonds. The maximum absolute atomic E-state index is 9.78. The summed E-state index contributed by atoms with van der Waals surface area (Å²) in [6.45, 7) is 2.30. The number of aliphatic hydroxyl groups excluding tert-OH is 1. The molecule has 0 aliphatic heterocycles. The molecule has 2 rings (SSSR count). The van der Waals surface area contributed by atoms with Crippen molar-refractivity contribution in [1.82, 2.24) is 5.32 Å². The first-order valence-electron chi connectivity index (χ1n) is 6.26. The third-order valence-electron chi connectivity index (χ3n) is 4.08. The van der Waals surface area contributed by atoms with Gasteiger partial charge in [0.2, 0.25) is 0 Å². The predicted molar refractivity (Wildman–Crippen MR) is 76.2 cm³/mol. The maximum Gasteiger partial charge on any atom is 0.0595 e. The van der Waals surface area contributed by atoms with E-state index in [0.717, 1.165) is 5.56 Å². The Morgan fingerprint density at radius 1 is 1.39 bits per heavy atom. The third kappa shape index (κ3) is 2.53. The molecule has 0 radical (unpaired) electrons. The first kappa shape index (κ1) is 14.1. The number of hydrogen-bond acceptors (Lipinski definition) is 2. The quantitative estimate of drug-likeness (QED) is 0.866. The minimum Gasteiger partial charge on any atom is -0.396 e. The normalized spacial score (nSPS) is 20.5. The summed E-state index contributed by atoms with van der Waals surface area (Å²) in [6.07, 6.45) is 2.38. The first-order chi connectivity index (χ1) is 8.52. The summed E-state index contributed by atoms with van der Waals surface area (Å²) in [5, 5.41) is 14.2. The molecule has 1 saturated carbocycles. The zero-order chi connectivity index (χ0) is 13.3. The van der Waals surface area contributed by atoms with Crippen molar-refractivity contribution in [2.24, 2.45) is 11.3 Å². The van der Waals surface area contributed by atoms with E-state index in [-0.39, 0.29) is 18.1 Å². The second-order valence-corrected chi connectivity index (χ2v) is 6.15. The highest BCUT2D eigenvalue weighted by molar-refractivity contribution is 6.42. The van der Waals surface area contributed by atoms with E-state index >= 15 is 0 Å². The molecule has 0 bridgehead atoms. The molecule has 100 valence electrons. The van der Waals surface area contributed by atoms with Gasteiger partial charge in [0, 0.05) is 11.5 Å². The van der Waals surface area contributed by atoms with E-state index in [9.17, 15) is 5.11 Å². The van der Waals surface area contributed by atoms with Gasteiger partial charge in [0.1, 0.15) is 0 Å². The van der Waals surface area contributed by atoms with Crippen LogP contribution in [0, 0.1) is 11.3 Å². The summed E-state index contributed by atoms with van der Waals surface area (Å²) in [5.74, 6) is 0.578. The molecular weight excluding hydrogens is 269 g/mol. The van der Waals surface area contributed by atoms with Crippen molar-refractivity contribution in [3.63, 3.8) is 0 Å². The molecular formula is C14H19Cl2NO. The summed E-state index contributed by atoms with van der Waals surface area (Å²) in [6, 6.07) is 5.77. The molecule has 4 heteroatoms. The number of halogens is 2. The molecule has 1 aliphatic rings. The van der Waals surface area contributed by atoms with E-state index < -0.39 is 0 Å². The Bertz CT molecular complexity index is 434. The van der Waals surface area contributed by atoms with Crippen LogP contribution in [0.1, 0.15) is 31.4 Å². The van der Waals surface area contributed by atoms with Gasteiger partial charge in [0.05, 0.1) is 16.7 Å². The van der Waals surface area contributed by atoms with Crippen LogP contribution in [-0.4, -0.2) is 18.8 Å². The lowest BCUT2D eigenvalue weighted by Crippen LogP contribution is -2.39. The van der Waals surface area contributed by atoms with Crippen LogP contribution in [0.15, 0.2) is 18.2 Å². The van der Waals surface area contributed by atoms with Gasteiger partial charge < -0.3 is 10.4 Å². The van der Waals surface area contributed by atoms with Crippen LogP contribution in [0.5, 0.6) is 0 Å². The van der Waals surface area contributed by atoms with Crippen molar-refractivity contribution in [2.45, 2.75) is 25.8 Å². The van der Waals surface area contributed by atoms with Crippen molar-refractivity contribution in [3.05, 3.63) is 33.8 Å². The molecule has 2 N–H and O–H groups in total. The Morgan fingerprint density at radius 3 is 2.50 bits per heavy atom. The predicted octanol–water partition coefficient (Wildman–Crippen LogP) is 3.66. The molecule has 2 atom stereocenters. The Hall–Kier alpha value is -0.280. The van der Waals surface area contributed by atoms with Gasteiger partial charge in [-0.15, -0.1) is 0 Å². The molecule has 1 aliphatic carbocycles. The Labute approximate surface area is 118 Å². The first-order valence-corrected chi connectivity index (χ1v) is 7.01. The van der Waals surface area contributed by atoms with Crippen molar-refractivity contribution in [2.75, 3.05) is 13.7 Å². The van der Waals surface area contributed by atoms with Gasteiger partial charge in [-0.25, -0.2) is 0 Å². The standard InChI is InChI=1S/C14H19Cl2NO/c1-14(8-18,10-4-5-10)13(17-2)9-3-6-11(15)12(16)7-9/h3,6-7,10,13,17-18H,4-5,8H2,1-2H3. The average molecular weight is 288 g/mol.